The fraction of sp³-hybridized carbons (Fsp3) is 0.429. The van der Waals surface area contributed by atoms with Gasteiger partial charge in [0.2, 0.25) is 0 Å². The third-order valence-electron chi connectivity index (χ3n) is 7.17. The quantitative estimate of drug-likeness (QED) is 0.275. The molecule has 2 N–H and O–H groups in total. The average molecular weight is 577 g/mol. The lowest BCUT2D eigenvalue weighted by atomic mass is 9.82. The minimum Gasteiger partial charge on any atom is -0.493 e. The number of carboxylic acids is 1. The van der Waals surface area contributed by atoms with Crippen LogP contribution >= 0.6 is 0 Å². The van der Waals surface area contributed by atoms with Gasteiger partial charge in [-0.3, -0.25) is 9.78 Å². The summed E-state index contributed by atoms with van der Waals surface area (Å²) in [6.07, 6.45) is 4.41. The lowest BCUT2D eigenvalue weighted by Gasteiger charge is -2.40. The molecule has 0 spiro atoms. The highest BCUT2D eigenvalue weighted by Crippen LogP contribution is 2.42. The summed E-state index contributed by atoms with van der Waals surface area (Å²) in [5.41, 5.74) is 5.81. The number of anilines is 1. The molecule has 0 bridgehead atoms. The van der Waals surface area contributed by atoms with Crippen LogP contribution in [0.1, 0.15) is 70.0 Å². The van der Waals surface area contributed by atoms with Crippen LogP contribution in [0.15, 0.2) is 55.1 Å². The zero-order valence-electron chi connectivity index (χ0n) is 25.8. The van der Waals surface area contributed by atoms with E-state index in [9.17, 15) is 14.3 Å². The number of aromatic nitrogens is 1. The summed E-state index contributed by atoms with van der Waals surface area (Å²) < 4.78 is 19.1. The first-order chi connectivity index (χ1) is 19.7. The molecule has 1 aromatic heterocycles. The van der Waals surface area contributed by atoms with Crippen LogP contribution in [0.5, 0.6) is 5.75 Å². The lowest BCUT2D eigenvalue weighted by molar-refractivity contribution is -0.136. The Kier molecular flexibility index (Phi) is 10.9. The molecule has 1 fully saturated rings. The van der Waals surface area contributed by atoms with Crippen molar-refractivity contribution in [2.75, 3.05) is 24.6 Å². The highest BCUT2D eigenvalue weighted by atomic mass is 19.1. The fourth-order valence-electron chi connectivity index (χ4n) is 4.88. The first kappa shape index (κ1) is 32.8. The Morgan fingerprint density at radius 1 is 1.10 bits per heavy atom. The van der Waals surface area contributed by atoms with Crippen molar-refractivity contribution in [1.82, 2.24) is 4.98 Å². The molecule has 4 rings (SSSR count). The highest BCUT2D eigenvalue weighted by Gasteiger charge is 2.30. The Hall–Kier alpha value is -3.71. The topological polar surface area (TPSA) is 82.9 Å². The van der Waals surface area contributed by atoms with Crippen LogP contribution in [0.25, 0.3) is 17.2 Å². The van der Waals surface area contributed by atoms with Crippen LogP contribution in [0.4, 0.5) is 10.1 Å². The summed E-state index contributed by atoms with van der Waals surface area (Å²) in [6, 6.07) is 14.3. The SMILES string of the molecule is C=Cc1nc(C)c(CC(=O)O)c(N2CCC(C)(C)CC2)c1-c1ccc(OCCc2ccc(F)cc2)cc1.CC(C)(C)O. The summed E-state index contributed by atoms with van der Waals surface area (Å²) >= 11 is 0. The second-order valence-electron chi connectivity index (χ2n) is 12.6. The molecule has 7 heteroatoms. The highest BCUT2D eigenvalue weighted by molar-refractivity contribution is 5.89. The minimum absolute atomic E-state index is 0.0803. The van der Waals surface area contributed by atoms with E-state index in [2.05, 4.69) is 25.3 Å². The molecule has 2 heterocycles. The molecule has 1 saturated heterocycles. The van der Waals surface area contributed by atoms with Crippen molar-refractivity contribution in [3.63, 3.8) is 0 Å². The van der Waals surface area contributed by atoms with Crippen molar-refractivity contribution in [3.05, 3.63) is 83.4 Å². The van der Waals surface area contributed by atoms with Gasteiger partial charge in [0, 0.05) is 36.3 Å². The molecular weight excluding hydrogens is 531 g/mol. The number of aliphatic hydroxyl groups is 1. The maximum absolute atomic E-state index is 13.1. The number of piperidine rings is 1. The average Bonchev–Trinajstić information content (AvgIpc) is 2.90. The smallest absolute Gasteiger partial charge is 0.307 e. The van der Waals surface area contributed by atoms with Crippen molar-refractivity contribution in [3.8, 4) is 16.9 Å². The van der Waals surface area contributed by atoms with Crippen LogP contribution in [0.3, 0.4) is 0 Å². The van der Waals surface area contributed by atoms with Crippen LogP contribution in [0.2, 0.25) is 0 Å². The van der Waals surface area contributed by atoms with Gasteiger partial charge >= 0.3 is 5.97 Å². The Balaban J connectivity index is 0.000000892. The molecule has 42 heavy (non-hydrogen) atoms. The normalized spacial score (nSPS) is 14.5. The Morgan fingerprint density at radius 3 is 2.19 bits per heavy atom. The number of halogens is 1. The van der Waals surface area contributed by atoms with Gasteiger partial charge < -0.3 is 19.8 Å². The van der Waals surface area contributed by atoms with Crippen molar-refractivity contribution in [2.45, 2.75) is 72.8 Å². The molecule has 0 amide bonds. The van der Waals surface area contributed by atoms with Gasteiger partial charge in [-0.2, -0.15) is 0 Å². The molecule has 0 unspecified atom stereocenters. The van der Waals surface area contributed by atoms with Gasteiger partial charge in [-0.15, -0.1) is 0 Å². The number of hydrogen-bond donors (Lipinski definition) is 2. The van der Waals surface area contributed by atoms with E-state index in [0.29, 0.717) is 13.0 Å². The number of aryl methyl sites for hydroxylation is 1. The number of ether oxygens (including phenoxy) is 1. The maximum atomic E-state index is 13.1. The van der Waals surface area contributed by atoms with Gasteiger partial charge in [0.05, 0.1) is 30.0 Å². The molecule has 0 aliphatic carbocycles. The third-order valence-corrected chi connectivity index (χ3v) is 7.17. The van der Waals surface area contributed by atoms with Crippen LogP contribution < -0.4 is 9.64 Å². The zero-order chi connectivity index (χ0) is 31.1. The molecule has 0 atom stereocenters. The summed E-state index contributed by atoms with van der Waals surface area (Å²) in [5, 5.41) is 18.2. The zero-order valence-corrected chi connectivity index (χ0v) is 25.8. The number of benzene rings is 2. The molecule has 1 aliphatic heterocycles. The Labute approximate surface area is 249 Å². The predicted molar refractivity (Wildman–Crippen MR) is 169 cm³/mol. The summed E-state index contributed by atoms with van der Waals surface area (Å²) in [4.78, 5) is 18.9. The third kappa shape index (κ3) is 9.69. The molecular formula is C35H45FN2O4. The first-order valence-corrected chi connectivity index (χ1v) is 14.5. The van der Waals surface area contributed by atoms with E-state index in [1.54, 1.807) is 39.0 Å². The molecule has 0 radical (unpaired) electrons. The van der Waals surface area contributed by atoms with E-state index in [0.717, 1.165) is 71.0 Å². The standard InChI is InChI=1S/C31H35FN2O3.C4H10O/c1-5-27-29(23-8-12-25(13-9-23)37-19-14-22-6-10-24(32)11-7-22)30(26(20-28(35)36)21(2)33-27)34-17-15-31(3,4)16-18-34;1-4(2,3)5/h5-13H,1,14-20H2,2-4H3,(H,35,36);5H,1-3H3. The maximum Gasteiger partial charge on any atom is 0.307 e. The molecule has 0 saturated carbocycles. The van der Waals surface area contributed by atoms with E-state index in [1.165, 1.54) is 12.1 Å². The molecule has 2 aromatic carbocycles. The van der Waals surface area contributed by atoms with E-state index in [4.69, 9.17) is 14.8 Å². The van der Waals surface area contributed by atoms with Crippen LogP contribution in [-0.2, 0) is 17.6 Å². The van der Waals surface area contributed by atoms with E-state index >= 15 is 0 Å². The van der Waals surface area contributed by atoms with Crippen molar-refractivity contribution >= 4 is 17.7 Å². The molecule has 6 nitrogen and oxygen atoms in total. The van der Waals surface area contributed by atoms with Crippen molar-refractivity contribution in [2.24, 2.45) is 5.41 Å². The number of carbonyl (C=O) groups is 1. The van der Waals surface area contributed by atoms with Gasteiger partial charge in [0.15, 0.2) is 0 Å². The van der Waals surface area contributed by atoms with Crippen molar-refractivity contribution < 1.29 is 24.1 Å². The second-order valence-corrected chi connectivity index (χ2v) is 12.6. The second kappa shape index (κ2) is 14.0. The number of pyridine rings is 1. The van der Waals surface area contributed by atoms with E-state index in [-0.39, 0.29) is 17.7 Å². The molecule has 1 aliphatic rings. The van der Waals surface area contributed by atoms with E-state index in [1.807, 2.05) is 31.2 Å². The minimum atomic E-state index is -0.870. The summed E-state index contributed by atoms with van der Waals surface area (Å²) in [5.74, 6) is -0.382. The largest absolute Gasteiger partial charge is 0.493 e. The monoisotopic (exact) mass is 576 g/mol. The summed E-state index contributed by atoms with van der Waals surface area (Å²) in [6.45, 7) is 17.9. The number of hydrogen-bond acceptors (Lipinski definition) is 5. The Morgan fingerprint density at radius 2 is 1.67 bits per heavy atom. The van der Waals surface area contributed by atoms with Gasteiger partial charge in [-0.05, 0) is 87.4 Å². The van der Waals surface area contributed by atoms with E-state index < -0.39 is 11.6 Å². The number of aliphatic carboxylic acids is 1. The number of nitrogens with zero attached hydrogens (tertiary/aromatic N) is 2. The molecule has 3 aromatic rings. The van der Waals surface area contributed by atoms with Crippen LogP contribution in [-0.4, -0.2) is 46.5 Å². The lowest BCUT2D eigenvalue weighted by Crippen LogP contribution is -2.38. The van der Waals surface area contributed by atoms with Gasteiger partial charge in [-0.25, -0.2) is 4.39 Å². The van der Waals surface area contributed by atoms with Crippen molar-refractivity contribution in [1.29, 1.82) is 0 Å². The number of rotatable bonds is 9. The van der Waals surface area contributed by atoms with Gasteiger partial charge in [-0.1, -0.05) is 44.7 Å². The van der Waals surface area contributed by atoms with Gasteiger partial charge in [0.1, 0.15) is 11.6 Å². The summed E-state index contributed by atoms with van der Waals surface area (Å²) in [7, 11) is 0. The fourth-order valence-corrected chi connectivity index (χ4v) is 4.88. The van der Waals surface area contributed by atoms with Crippen LogP contribution in [0, 0.1) is 18.2 Å². The Bertz CT molecular complexity index is 1340. The van der Waals surface area contributed by atoms with Gasteiger partial charge in [0.25, 0.3) is 0 Å². The first-order valence-electron chi connectivity index (χ1n) is 14.5. The number of carboxylic acid groups (broad SMARTS) is 1. The predicted octanol–water partition coefficient (Wildman–Crippen LogP) is 7.49. The molecule has 226 valence electrons.